The number of benzene rings is 2. The van der Waals surface area contributed by atoms with Crippen molar-refractivity contribution in [2.45, 2.75) is 0 Å². The molecular weight excluding hydrogens is 344 g/mol. The number of hydrogen-bond acceptors (Lipinski definition) is 3. The molecule has 3 aromatic rings. The van der Waals surface area contributed by atoms with Gasteiger partial charge in [-0.15, -0.1) is 0 Å². The number of fused-ring (bicyclic) bond motifs is 1. The lowest BCUT2D eigenvalue weighted by Crippen LogP contribution is -3.06. The van der Waals surface area contributed by atoms with Gasteiger partial charge in [-0.3, -0.25) is 9.69 Å². The van der Waals surface area contributed by atoms with Crippen LogP contribution in [-0.4, -0.2) is 38.1 Å². The van der Waals surface area contributed by atoms with E-state index >= 15 is 0 Å². The first-order valence-electron chi connectivity index (χ1n) is 7.86. The van der Waals surface area contributed by atoms with E-state index in [2.05, 4.69) is 4.98 Å². The number of rotatable bonds is 5. The number of nitrogens with zero attached hydrogens (tertiary/aromatic N) is 2. The fraction of sp³-hybridized carbons (Fsp3) is 0.222. The fourth-order valence-electron chi connectivity index (χ4n) is 2.40. The molecule has 0 unspecified atom stereocenters. The molecule has 1 heterocycles. The lowest BCUT2D eigenvalue weighted by atomic mass is 10.2. The Morgan fingerprint density at radius 3 is 2.64 bits per heavy atom. The minimum Gasteiger partial charge on any atom is -0.338 e. The van der Waals surface area contributed by atoms with E-state index in [9.17, 15) is 13.6 Å². The molecule has 4 nitrogen and oxygen atoms in total. The molecule has 130 valence electrons. The first-order chi connectivity index (χ1) is 11.9. The quantitative estimate of drug-likeness (QED) is 0.757. The first kappa shape index (κ1) is 17.4. The number of thiazole rings is 1. The van der Waals surface area contributed by atoms with Crippen LogP contribution in [0.4, 0.5) is 13.9 Å². The topological polar surface area (TPSA) is 37.6 Å². The lowest BCUT2D eigenvalue weighted by Gasteiger charge is -2.20. The molecule has 0 bridgehead atoms. The second-order valence-electron chi connectivity index (χ2n) is 6.03. The monoisotopic (exact) mass is 362 g/mol. The normalized spacial score (nSPS) is 11.2. The van der Waals surface area contributed by atoms with Crippen molar-refractivity contribution in [2.24, 2.45) is 0 Å². The molecule has 0 saturated heterocycles. The van der Waals surface area contributed by atoms with E-state index in [0.717, 1.165) is 0 Å². The fourth-order valence-corrected chi connectivity index (χ4v) is 3.41. The van der Waals surface area contributed by atoms with Crippen molar-refractivity contribution < 1.29 is 18.5 Å². The number of carbonyl (C=O) groups excluding carboxylic acids is 1. The van der Waals surface area contributed by atoms with Crippen LogP contribution in [-0.2, 0) is 0 Å². The average molecular weight is 362 g/mol. The highest BCUT2D eigenvalue weighted by Gasteiger charge is 2.22. The summed E-state index contributed by atoms with van der Waals surface area (Å²) in [7, 11) is 3.97. The SMILES string of the molecule is C[NH+](C)CCN(C(=O)c1cccc(F)c1)c1nc2ccc(F)cc2s1. The van der Waals surface area contributed by atoms with Crippen molar-refractivity contribution in [1.82, 2.24) is 4.98 Å². The summed E-state index contributed by atoms with van der Waals surface area (Å²) >= 11 is 1.25. The van der Waals surface area contributed by atoms with Crippen LogP contribution >= 0.6 is 11.3 Å². The smallest absolute Gasteiger partial charge is 0.260 e. The zero-order valence-electron chi connectivity index (χ0n) is 13.9. The van der Waals surface area contributed by atoms with Gasteiger partial charge in [0, 0.05) is 5.56 Å². The van der Waals surface area contributed by atoms with Gasteiger partial charge in [0.2, 0.25) is 0 Å². The molecule has 1 aromatic heterocycles. The van der Waals surface area contributed by atoms with E-state index in [-0.39, 0.29) is 17.3 Å². The van der Waals surface area contributed by atoms with Gasteiger partial charge in [0.05, 0.1) is 37.4 Å². The number of likely N-dealkylation sites (N-methyl/N-ethyl adjacent to an activating group) is 1. The Bertz CT molecular complexity index is 910. The van der Waals surface area contributed by atoms with Gasteiger partial charge in [0.15, 0.2) is 5.13 Å². The first-order valence-corrected chi connectivity index (χ1v) is 8.68. The Morgan fingerprint density at radius 1 is 1.16 bits per heavy atom. The average Bonchev–Trinajstić information content (AvgIpc) is 2.97. The second kappa shape index (κ2) is 7.25. The molecule has 0 aliphatic carbocycles. The summed E-state index contributed by atoms with van der Waals surface area (Å²) in [4.78, 5) is 20.1. The summed E-state index contributed by atoms with van der Waals surface area (Å²) in [6.07, 6.45) is 0. The van der Waals surface area contributed by atoms with Gasteiger partial charge in [-0.25, -0.2) is 13.8 Å². The molecule has 0 spiro atoms. The highest BCUT2D eigenvalue weighted by Crippen LogP contribution is 2.30. The third-order valence-corrected chi connectivity index (χ3v) is 4.76. The number of carbonyl (C=O) groups is 1. The summed E-state index contributed by atoms with van der Waals surface area (Å²) in [5.74, 6) is -1.13. The Kier molecular flexibility index (Phi) is 5.06. The van der Waals surface area contributed by atoms with Gasteiger partial charge in [-0.2, -0.15) is 0 Å². The maximum atomic E-state index is 13.5. The molecule has 1 N–H and O–H groups in total. The van der Waals surface area contributed by atoms with Gasteiger partial charge in [-0.1, -0.05) is 17.4 Å². The predicted molar refractivity (Wildman–Crippen MR) is 95.3 cm³/mol. The molecule has 0 saturated carbocycles. The molecule has 0 radical (unpaired) electrons. The van der Waals surface area contributed by atoms with Crippen molar-refractivity contribution in [2.75, 3.05) is 32.1 Å². The molecule has 25 heavy (non-hydrogen) atoms. The van der Waals surface area contributed by atoms with E-state index in [4.69, 9.17) is 0 Å². The minimum atomic E-state index is -0.463. The molecule has 2 aromatic carbocycles. The van der Waals surface area contributed by atoms with Crippen LogP contribution in [0.3, 0.4) is 0 Å². The predicted octanol–water partition coefficient (Wildman–Crippen LogP) is 2.37. The molecule has 0 aliphatic heterocycles. The maximum Gasteiger partial charge on any atom is 0.260 e. The van der Waals surface area contributed by atoms with E-state index in [1.165, 1.54) is 51.5 Å². The zero-order chi connectivity index (χ0) is 18.0. The number of anilines is 1. The van der Waals surface area contributed by atoms with Gasteiger partial charge in [0.25, 0.3) is 5.91 Å². The van der Waals surface area contributed by atoms with Crippen LogP contribution in [0, 0.1) is 11.6 Å². The molecule has 1 amide bonds. The zero-order valence-corrected chi connectivity index (χ0v) is 14.7. The summed E-state index contributed by atoms with van der Waals surface area (Å²) in [6.45, 7) is 1.13. The lowest BCUT2D eigenvalue weighted by molar-refractivity contribution is -0.856. The summed E-state index contributed by atoms with van der Waals surface area (Å²) in [5.41, 5.74) is 0.898. The van der Waals surface area contributed by atoms with Crippen molar-refractivity contribution in [1.29, 1.82) is 0 Å². The van der Waals surface area contributed by atoms with Crippen molar-refractivity contribution in [3.8, 4) is 0 Å². The van der Waals surface area contributed by atoms with Crippen LogP contribution < -0.4 is 9.80 Å². The Balaban J connectivity index is 1.99. The summed E-state index contributed by atoms with van der Waals surface area (Å²) < 4.78 is 27.6. The van der Waals surface area contributed by atoms with E-state index in [1.807, 2.05) is 14.1 Å². The van der Waals surface area contributed by atoms with Crippen LogP contribution in [0.1, 0.15) is 10.4 Å². The third kappa shape index (κ3) is 4.00. The van der Waals surface area contributed by atoms with E-state index in [1.54, 1.807) is 12.1 Å². The van der Waals surface area contributed by atoms with Crippen LogP contribution in [0.15, 0.2) is 42.5 Å². The number of hydrogen-bond donors (Lipinski definition) is 1. The molecule has 3 rings (SSSR count). The van der Waals surface area contributed by atoms with Crippen LogP contribution in [0.2, 0.25) is 0 Å². The number of amides is 1. The van der Waals surface area contributed by atoms with Gasteiger partial charge < -0.3 is 4.90 Å². The molecule has 0 fully saturated rings. The van der Waals surface area contributed by atoms with Crippen molar-refractivity contribution in [3.05, 3.63) is 59.7 Å². The standard InChI is InChI=1S/C18H17F2N3OS/c1-22(2)8-9-23(17(24)12-4-3-5-13(19)10-12)18-21-15-7-6-14(20)11-16(15)25-18/h3-7,10-11H,8-9H2,1-2H3/p+1. The maximum absolute atomic E-state index is 13.5. The van der Waals surface area contributed by atoms with Crippen LogP contribution in [0.5, 0.6) is 0 Å². The largest absolute Gasteiger partial charge is 0.338 e. The highest BCUT2D eigenvalue weighted by atomic mass is 32.1. The number of aromatic nitrogens is 1. The van der Waals surface area contributed by atoms with E-state index in [0.29, 0.717) is 28.4 Å². The molecule has 0 aliphatic rings. The van der Waals surface area contributed by atoms with E-state index < -0.39 is 5.82 Å². The highest BCUT2D eigenvalue weighted by molar-refractivity contribution is 7.22. The Labute approximate surface area is 148 Å². The van der Waals surface area contributed by atoms with Gasteiger partial charge in [0.1, 0.15) is 11.6 Å². The number of quaternary nitrogens is 1. The van der Waals surface area contributed by atoms with Crippen LogP contribution in [0.25, 0.3) is 10.2 Å². The second-order valence-corrected chi connectivity index (χ2v) is 7.04. The number of halogens is 2. The third-order valence-electron chi connectivity index (χ3n) is 3.72. The molecule has 7 heteroatoms. The number of nitrogens with one attached hydrogen (secondary N) is 1. The Morgan fingerprint density at radius 2 is 1.92 bits per heavy atom. The summed E-state index contributed by atoms with van der Waals surface area (Å²) in [6, 6.07) is 9.93. The van der Waals surface area contributed by atoms with Crippen molar-refractivity contribution >= 4 is 32.6 Å². The minimum absolute atomic E-state index is 0.263. The Hall–Kier alpha value is -2.38. The van der Waals surface area contributed by atoms with Gasteiger partial charge in [-0.05, 0) is 36.4 Å². The van der Waals surface area contributed by atoms with Gasteiger partial charge >= 0.3 is 0 Å². The molecule has 0 atom stereocenters. The molecular formula is C18H18F2N3OS+. The van der Waals surface area contributed by atoms with Crippen molar-refractivity contribution in [3.63, 3.8) is 0 Å². The summed E-state index contributed by atoms with van der Waals surface area (Å²) in [5, 5.41) is 0.483.